The summed E-state index contributed by atoms with van der Waals surface area (Å²) in [6, 6.07) is 1.93. The van der Waals surface area contributed by atoms with Crippen LogP contribution in [0.2, 0.25) is 5.15 Å². The molecule has 15 heavy (non-hydrogen) atoms. The Morgan fingerprint density at radius 2 is 2.53 bits per heavy atom. The SMILES string of the molecule is COC(=O)CCNc1snc(Cl)c1C#N. The van der Waals surface area contributed by atoms with Gasteiger partial charge in [-0.15, -0.1) is 0 Å². The Morgan fingerprint density at radius 1 is 1.80 bits per heavy atom. The summed E-state index contributed by atoms with van der Waals surface area (Å²) in [5.41, 5.74) is 0.312. The minimum atomic E-state index is -0.309. The van der Waals surface area contributed by atoms with Crippen LogP contribution < -0.4 is 5.32 Å². The summed E-state index contributed by atoms with van der Waals surface area (Å²) in [5, 5.41) is 12.4. The van der Waals surface area contributed by atoms with E-state index in [1.165, 1.54) is 7.11 Å². The van der Waals surface area contributed by atoms with Crippen LogP contribution in [0.15, 0.2) is 0 Å². The minimum Gasteiger partial charge on any atom is -0.469 e. The lowest BCUT2D eigenvalue weighted by Gasteiger charge is -2.01. The van der Waals surface area contributed by atoms with Gasteiger partial charge in [0.2, 0.25) is 0 Å². The van der Waals surface area contributed by atoms with Crippen LogP contribution in [0.3, 0.4) is 0 Å². The fourth-order valence-electron chi connectivity index (χ4n) is 0.868. The maximum Gasteiger partial charge on any atom is 0.307 e. The van der Waals surface area contributed by atoms with Crippen LogP contribution in [0.5, 0.6) is 0 Å². The van der Waals surface area contributed by atoms with Crippen LogP contribution in [0, 0.1) is 11.3 Å². The van der Waals surface area contributed by atoms with Crippen molar-refractivity contribution < 1.29 is 9.53 Å². The molecule has 0 bridgehead atoms. The summed E-state index contributed by atoms with van der Waals surface area (Å²) in [4.78, 5) is 10.8. The highest BCUT2D eigenvalue weighted by molar-refractivity contribution is 7.10. The number of hydrogen-bond donors (Lipinski definition) is 1. The number of carbonyl (C=O) groups excluding carboxylic acids is 1. The van der Waals surface area contributed by atoms with Gasteiger partial charge in [-0.2, -0.15) is 9.64 Å². The molecule has 1 aromatic heterocycles. The van der Waals surface area contributed by atoms with Crippen molar-refractivity contribution >= 4 is 34.1 Å². The molecule has 0 aliphatic rings. The average Bonchev–Trinajstić information content (AvgIpc) is 2.59. The summed E-state index contributed by atoms with van der Waals surface area (Å²) in [6.45, 7) is 0.389. The first-order chi connectivity index (χ1) is 7.19. The first-order valence-electron chi connectivity index (χ1n) is 4.05. The molecule has 0 saturated heterocycles. The van der Waals surface area contributed by atoms with Crippen molar-refractivity contribution in [2.24, 2.45) is 0 Å². The number of rotatable bonds is 4. The summed E-state index contributed by atoms with van der Waals surface area (Å²) in [6.07, 6.45) is 0.233. The van der Waals surface area contributed by atoms with Gasteiger partial charge in [0, 0.05) is 6.54 Å². The van der Waals surface area contributed by atoms with Crippen LogP contribution in [-0.4, -0.2) is 24.0 Å². The van der Waals surface area contributed by atoms with E-state index in [-0.39, 0.29) is 17.5 Å². The van der Waals surface area contributed by atoms with Gasteiger partial charge < -0.3 is 10.1 Å². The standard InChI is InChI=1S/C8H8ClN3O2S/c1-14-6(13)2-3-11-8-5(4-10)7(9)12-15-8/h11H,2-3H2,1H3. The Morgan fingerprint density at radius 3 is 3.13 bits per heavy atom. The van der Waals surface area contributed by atoms with E-state index in [1.807, 2.05) is 6.07 Å². The first kappa shape index (κ1) is 11.8. The average molecular weight is 246 g/mol. The van der Waals surface area contributed by atoms with E-state index in [1.54, 1.807) is 0 Å². The Labute approximate surface area is 95.8 Å². The molecule has 0 unspecified atom stereocenters. The third kappa shape index (κ3) is 3.08. The molecule has 0 amide bonds. The smallest absolute Gasteiger partial charge is 0.307 e. The molecule has 80 valence electrons. The predicted molar refractivity (Wildman–Crippen MR) is 57.0 cm³/mol. The normalized spacial score (nSPS) is 9.40. The number of nitriles is 1. The summed E-state index contributed by atoms with van der Waals surface area (Å²) < 4.78 is 8.28. The molecule has 1 aromatic rings. The number of carbonyl (C=O) groups is 1. The molecule has 1 rings (SSSR count). The molecular weight excluding hydrogens is 238 g/mol. The van der Waals surface area contributed by atoms with E-state index >= 15 is 0 Å². The van der Waals surface area contributed by atoms with E-state index < -0.39 is 0 Å². The summed E-state index contributed by atoms with van der Waals surface area (Å²) in [5.74, 6) is -0.309. The van der Waals surface area contributed by atoms with Gasteiger partial charge in [-0.25, -0.2) is 0 Å². The molecule has 0 spiro atoms. The summed E-state index contributed by atoms with van der Waals surface area (Å²) >= 11 is 6.75. The number of methoxy groups -OCH3 is 1. The van der Waals surface area contributed by atoms with E-state index in [2.05, 4.69) is 14.4 Å². The van der Waals surface area contributed by atoms with Crippen LogP contribution in [0.25, 0.3) is 0 Å². The van der Waals surface area contributed by atoms with Gasteiger partial charge in [0.1, 0.15) is 16.6 Å². The maximum absolute atomic E-state index is 10.8. The van der Waals surface area contributed by atoms with E-state index in [9.17, 15) is 4.79 Å². The second kappa shape index (κ2) is 5.53. The van der Waals surface area contributed by atoms with E-state index in [4.69, 9.17) is 16.9 Å². The van der Waals surface area contributed by atoms with Gasteiger partial charge >= 0.3 is 5.97 Å². The lowest BCUT2D eigenvalue weighted by atomic mass is 10.3. The van der Waals surface area contributed by atoms with Crippen LogP contribution in [0.4, 0.5) is 5.00 Å². The Balaban J connectivity index is 2.52. The molecular formula is C8H8ClN3O2S. The quantitative estimate of drug-likeness (QED) is 0.817. The number of anilines is 1. The van der Waals surface area contributed by atoms with Gasteiger partial charge in [0.15, 0.2) is 5.15 Å². The number of ether oxygens (including phenoxy) is 1. The predicted octanol–water partition coefficient (Wildman–Crippen LogP) is 1.64. The van der Waals surface area contributed by atoms with E-state index in [0.29, 0.717) is 17.1 Å². The monoisotopic (exact) mass is 245 g/mol. The number of nitrogens with one attached hydrogen (secondary N) is 1. The lowest BCUT2D eigenvalue weighted by Crippen LogP contribution is -2.09. The Hall–Kier alpha value is -1.32. The number of nitrogens with zero attached hydrogens (tertiary/aromatic N) is 2. The maximum atomic E-state index is 10.8. The van der Waals surface area contributed by atoms with Crippen molar-refractivity contribution in [3.8, 4) is 6.07 Å². The zero-order valence-electron chi connectivity index (χ0n) is 7.91. The lowest BCUT2D eigenvalue weighted by molar-refractivity contribution is -0.140. The fraction of sp³-hybridized carbons (Fsp3) is 0.375. The van der Waals surface area contributed by atoms with Crippen LogP contribution >= 0.6 is 23.1 Å². The van der Waals surface area contributed by atoms with Crippen molar-refractivity contribution in [1.82, 2.24) is 4.37 Å². The first-order valence-corrected chi connectivity index (χ1v) is 5.20. The molecule has 0 fully saturated rings. The zero-order chi connectivity index (χ0) is 11.3. The molecule has 0 aliphatic heterocycles. The summed E-state index contributed by atoms with van der Waals surface area (Å²) in [7, 11) is 1.33. The minimum absolute atomic E-state index is 0.183. The molecule has 1 heterocycles. The fourth-order valence-corrected chi connectivity index (χ4v) is 1.83. The Bertz CT molecular complexity index is 399. The van der Waals surface area contributed by atoms with Gasteiger partial charge in [-0.05, 0) is 11.5 Å². The molecule has 1 N–H and O–H groups in total. The van der Waals surface area contributed by atoms with Crippen LogP contribution in [0.1, 0.15) is 12.0 Å². The molecule has 0 atom stereocenters. The zero-order valence-corrected chi connectivity index (χ0v) is 9.48. The van der Waals surface area contributed by atoms with Crippen LogP contribution in [-0.2, 0) is 9.53 Å². The van der Waals surface area contributed by atoms with Crippen molar-refractivity contribution in [2.45, 2.75) is 6.42 Å². The van der Waals surface area contributed by atoms with Crippen molar-refractivity contribution in [3.63, 3.8) is 0 Å². The molecule has 0 aliphatic carbocycles. The molecule has 0 radical (unpaired) electrons. The van der Waals surface area contributed by atoms with Crippen molar-refractivity contribution in [1.29, 1.82) is 5.26 Å². The highest BCUT2D eigenvalue weighted by Crippen LogP contribution is 2.27. The highest BCUT2D eigenvalue weighted by atomic mass is 35.5. The highest BCUT2D eigenvalue weighted by Gasteiger charge is 2.11. The van der Waals surface area contributed by atoms with Gasteiger partial charge in [0.25, 0.3) is 0 Å². The molecule has 0 saturated carbocycles. The number of halogens is 1. The number of aromatic nitrogens is 1. The number of esters is 1. The largest absolute Gasteiger partial charge is 0.469 e. The second-order valence-electron chi connectivity index (χ2n) is 2.54. The Kier molecular flexibility index (Phi) is 4.34. The molecule has 7 heteroatoms. The van der Waals surface area contributed by atoms with Crippen molar-refractivity contribution in [2.75, 3.05) is 19.0 Å². The van der Waals surface area contributed by atoms with Gasteiger partial charge in [-0.3, -0.25) is 4.79 Å². The third-order valence-corrected chi connectivity index (χ3v) is 2.78. The molecule has 0 aromatic carbocycles. The second-order valence-corrected chi connectivity index (χ2v) is 3.67. The topological polar surface area (TPSA) is 75.0 Å². The van der Waals surface area contributed by atoms with E-state index in [0.717, 1.165) is 11.5 Å². The third-order valence-electron chi connectivity index (χ3n) is 1.60. The number of hydrogen-bond acceptors (Lipinski definition) is 6. The van der Waals surface area contributed by atoms with Gasteiger partial charge in [-0.1, -0.05) is 11.6 Å². The van der Waals surface area contributed by atoms with Gasteiger partial charge in [0.05, 0.1) is 13.5 Å². The van der Waals surface area contributed by atoms with Crippen molar-refractivity contribution in [3.05, 3.63) is 10.7 Å². The molecule has 5 nitrogen and oxygen atoms in total.